The van der Waals surface area contributed by atoms with E-state index < -0.39 is 15.9 Å². The highest BCUT2D eigenvalue weighted by molar-refractivity contribution is 7.90. The number of para-hydroxylation sites is 1. The van der Waals surface area contributed by atoms with Crippen molar-refractivity contribution in [2.24, 2.45) is 5.73 Å². The second kappa shape index (κ2) is 6.50. The van der Waals surface area contributed by atoms with Crippen molar-refractivity contribution in [3.8, 4) is 0 Å². The first-order chi connectivity index (χ1) is 10.3. The average molecular weight is 323 g/mol. The lowest BCUT2D eigenvalue weighted by atomic mass is 10.0. The van der Waals surface area contributed by atoms with Crippen molar-refractivity contribution in [2.45, 2.75) is 12.5 Å². The number of hydrogen-bond donors (Lipinski definition) is 2. The lowest BCUT2D eigenvalue weighted by Crippen LogP contribution is -2.44. The molecule has 1 amide bonds. The zero-order chi connectivity index (χ0) is 16.3. The molecule has 2 rings (SSSR count). The molecule has 1 aromatic carbocycles. The predicted octanol–water partition coefficient (Wildman–Crippen LogP) is 0.541. The molecule has 0 saturated heterocycles. The Morgan fingerprint density at radius 2 is 2.05 bits per heavy atom. The van der Waals surface area contributed by atoms with E-state index in [1.165, 1.54) is 4.90 Å². The Bertz CT molecular complexity index is 767. The third-order valence-electron chi connectivity index (χ3n) is 3.61. The molecule has 22 heavy (non-hydrogen) atoms. The summed E-state index contributed by atoms with van der Waals surface area (Å²) in [5.74, 6) is -0.316. The molecule has 120 valence electrons. The summed E-state index contributed by atoms with van der Waals surface area (Å²) >= 11 is 0. The Morgan fingerprint density at radius 1 is 1.36 bits per heavy atom. The highest BCUT2D eigenvalue weighted by atomic mass is 32.2. The van der Waals surface area contributed by atoms with Gasteiger partial charge in [-0.15, -0.1) is 0 Å². The minimum atomic E-state index is -3.10. The molecular formula is C15H21N3O3S. The van der Waals surface area contributed by atoms with Crippen LogP contribution in [0.5, 0.6) is 0 Å². The van der Waals surface area contributed by atoms with Crippen molar-refractivity contribution in [2.75, 3.05) is 25.6 Å². The molecule has 6 nitrogen and oxygen atoms in total. The van der Waals surface area contributed by atoms with Gasteiger partial charge in [0.2, 0.25) is 5.91 Å². The van der Waals surface area contributed by atoms with Gasteiger partial charge >= 0.3 is 0 Å². The zero-order valence-electron chi connectivity index (χ0n) is 12.7. The van der Waals surface area contributed by atoms with E-state index in [1.54, 1.807) is 7.05 Å². The van der Waals surface area contributed by atoms with Crippen LogP contribution in [0.4, 0.5) is 0 Å². The fourth-order valence-electron chi connectivity index (χ4n) is 2.32. The van der Waals surface area contributed by atoms with Crippen molar-refractivity contribution < 1.29 is 13.2 Å². The van der Waals surface area contributed by atoms with E-state index in [9.17, 15) is 13.2 Å². The van der Waals surface area contributed by atoms with Gasteiger partial charge in [0.15, 0.2) is 0 Å². The van der Waals surface area contributed by atoms with Gasteiger partial charge in [-0.25, -0.2) is 8.42 Å². The van der Waals surface area contributed by atoms with E-state index in [0.717, 1.165) is 22.7 Å². The maximum Gasteiger partial charge on any atom is 0.239 e. The van der Waals surface area contributed by atoms with Crippen LogP contribution in [0.2, 0.25) is 0 Å². The number of fused-ring (bicyclic) bond motifs is 1. The largest absolute Gasteiger partial charge is 0.361 e. The minimum Gasteiger partial charge on any atom is -0.361 e. The van der Waals surface area contributed by atoms with Crippen molar-refractivity contribution >= 4 is 26.6 Å². The van der Waals surface area contributed by atoms with E-state index in [0.29, 0.717) is 6.42 Å². The Morgan fingerprint density at radius 3 is 2.73 bits per heavy atom. The summed E-state index contributed by atoms with van der Waals surface area (Å²) in [6.07, 6.45) is 3.41. The van der Waals surface area contributed by atoms with Crippen LogP contribution in [-0.4, -0.2) is 55.9 Å². The van der Waals surface area contributed by atoms with Gasteiger partial charge in [-0.3, -0.25) is 4.79 Å². The summed E-state index contributed by atoms with van der Waals surface area (Å²) in [6, 6.07) is 7.12. The summed E-state index contributed by atoms with van der Waals surface area (Å²) in [6.45, 7) is 0.152. The van der Waals surface area contributed by atoms with Gasteiger partial charge in [0.25, 0.3) is 0 Å². The number of benzene rings is 1. The quantitative estimate of drug-likeness (QED) is 0.811. The number of aromatic nitrogens is 1. The van der Waals surface area contributed by atoms with Crippen LogP contribution in [0, 0.1) is 0 Å². The van der Waals surface area contributed by atoms with Crippen LogP contribution in [-0.2, 0) is 21.1 Å². The number of aromatic amines is 1. The van der Waals surface area contributed by atoms with Crippen molar-refractivity contribution in [3.05, 3.63) is 36.0 Å². The molecule has 0 fully saturated rings. The number of sulfone groups is 1. The first kappa shape index (κ1) is 16.5. The van der Waals surface area contributed by atoms with Gasteiger partial charge in [-0.2, -0.15) is 0 Å². The maximum atomic E-state index is 12.2. The Hall–Kier alpha value is -1.86. The summed E-state index contributed by atoms with van der Waals surface area (Å²) in [4.78, 5) is 16.7. The number of carbonyl (C=O) groups is 1. The zero-order valence-corrected chi connectivity index (χ0v) is 13.6. The van der Waals surface area contributed by atoms with Gasteiger partial charge in [0.05, 0.1) is 11.8 Å². The minimum absolute atomic E-state index is 0.0605. The molecule has 0 bridgehead atoms. The van der Waals surface area contributed by atoms with Crippen molar-refractivity contribution in [1.82, 2.24) is 9.88 Å². The molecule has 7 heteroatoms. The molecule has 1 atom stereocenters. The lowest BCUT2D eigenvalue weighted by molar-refractivity contribution is -0.131. The number of nitrogens with zero attached hydrogens (tertiary/aromatic N) is 1. The molecule has 0 aliphatic rings. The molecule has 0 radical (unpaired) electrons. The Labute approximate surface area is 130 Å². The number of amides is 1. The molecule has 0 saturated carbocycles. The Kier molecular flexibility index (Phi) is 4.87. The molecule has 0 spiro atoms. The number of nitrogens with two attached hydrogens (primary N) is 1. The molecule has 0 aliphatic heterocycles. The van der Waals surface area contributed by atoms with Gasteiger partial charge in [0, 0.05) is 36.9 Å². The molecule has 1 aromatic heterocycles. The highest BCUT2D eigenvalue weighted by Gasteiger charge is 2.20. The smallest absolute Gasteiger partial charge is 0.239 e. The van der Waals surface area contributed by atoms with Crippen LogP contribution >= 0.6 is 0 Å². The van der Waals surface area contributed by atoms with Crippen LogP contribution < -0.4 is 5.73 Å². The molecule has 0 unspecified atom stereocenters. The van der Waals surface area contributed by atoms with Crippen molar-refractivity contribution in [1.29, 1.82) is 0 Å². The maximum absolute atomic E-state index is 12.2. The van der Waals surface area contributed by atoms with E-state index in [-0.39, 0.29) is 18.2 Å². The number of rotatable bonds is 6. The summed E-state index contributed by atoms with van der Waals surface area (Å²) in [5, 5.41) is 1.05. The summed E-state index contributed by atoms with van der Waals surface area (Å²) < 4.78 is 22.3. The second-order valence-electron chi connectivity index (χ2n) is 5.56. The standard InChI is InChI=1S/C15H21N3O3S/c1-18(7-8-22(2,20)21)15(19)13(16)9-11-10-17-14-6-4-3-5-12(11)14/h3-6,10,13,17H,7-9,16H2,1-2H3/t13-/m0/s1. The van der Waals surface area contributed by atoms with Gasteiger partial charge in [0.1, 0.15) is 9.84 Å². The fourth-order valence-corrected chi connectivity index (χ4v) is 2.93. The normalized spacial score (nSPS) is 13.2. The summed E-state index contributed by atoms with van der Waals surface area (Å²) in [7, 11) is -1.52. The van der Waals surface area contributed by atoms with Crippen LogP contribution in [0.25, 0.3) is 10.9 Å². The van der Waals surface area contributed by atoms with E-state index in [1.807, 2.05) is 30.5 Å². The van der Waals surface area contributed by atoms with Crippen LogP contribution in [0.1, 0.15) is 5.56 Å². The number of likely N-dealkylation sites (N-methyl/N-ethyl adjacent to an activating group) is 1. The Balaban J connectivity index is 2.02. The summed E-state index contributed by atoms with van der Waals surface area (Å²) in [5.41, 5.74) is 7.97. The highest BCUT2D eigenvalue weighted by Crippen LogP contribution is 2.19. The van der Waals surface area contributed by atoms with E-state index in [4.69, 9.17) is 5.73 Å². The molecule has 1 heterocycles. The first-order valence-corrected chi connectivity index (χ1v) is 9.07. The van der Waals surface area contributed by atoms with Gasteiger partial charge in [-0.05, 0) is 18.1 Å². The topological polar surface area (TPSA) is 96.3 Å². The van der Waals surface area contributed by atoms with Crippen molar-refractivity contribution in [3.63, 3.8) is 0 Å². The number of H-pyrrole nitrogens is 1. The first-order valence-electron chi connectivity index (χ1n) is 7.01. The SMILES string of the molecule is CN(CCS(C)(=O)=O)C(=O)[C@@H](N)Cc1c[nH]c2ccccc12. The molecule has 0 aliphatic carbocycles. The molecule has 3 N–H and O–H groups in total. The van der Waals surface area contributed by atoms with Gasteiger partial charge in [-0.1, -0.05) is 18.2 Å². The fraction of sp³-hybridized carbons (Fsp3) is 0.400. The van der Waals surface area contributed by atoms with Crippen LogP contribution in [0.3, 0.4) is 0 Å². The van der Waals surface area contributed by atoms with Gasteiger partial charge < -0.3 is 15.6 Å². The predicted molar refractivity (Wildman–Crippen MR) is 87.3 cm³/mol. The number of carbonyl (C=O) groups excluding carboxylic acids is 1. The van der Waals surface area contributed by atoms with E-state index >= 15 is 0 Å². The number of hydrogen-bond acceptors (Lipinski definition) is 4. The number of nitrogens with one attached hydrogen (secondary N) is 1. The van der Waals surface area contributed by atoms with E-state index in [2.05, 4.69) is 4.98 Å². The third-order valence-corrected chi connectivity index (χ3v) is 4.53. The molecular weight excluding hydrogens is 302 g/mol. The monoisotopic (exact) mass is 323 g/mol. The average Bonchev–Trinajstić information content (AvgIpc) is 2.86. The van der Waals surface area contributed by atoms with Crippen LogP contribution in [0.15, 0.2) is 30.5 Å². The molecule has 2 aromatic rings. The third kappa shape index (κ3) is 4.08. The second-order valence-corrected chi connectivity index (χ2v) is 7.82. The lowest BCUT2D eigenvalue weighted by Gasteiger charge is -2.20.